The van der Waals surface area contributed by atoms with Crippen LogP contribution in [0.1, 0.15) is 36.1 Å². The second-order valence-electron chi connectivity index (χ2n) is 6.34. The molecule has 0 N–H and O–H groups in total. The topological polar surface area (TPSA) is 74.2 Å². The molecule has 6 nitrogen and oxygen atoms in total. The molecule has 0 saturated heterocycles. The summed E-state index contributed by atoms with van der Waals surface area (Å²) in [5.41, 5.74) is 3.17. The molecule has 2 aromatic carbocycles. The maximum absolute atomic E-state index is 12.3. The first kappa shape index (κ1) is 19.4. The molecule has 0 amide bonds. The zero-order valence-corrected chi connectivity index (χ0v) is 16.2. The van der Waals surface area contributed by atoms with Gasteiger partial charge in [0.15, 0.2) is 5.70 Å². The molecule has 28 heavy (non-hydrogen) atoms. The Balaban J connectivity index is 1.95. The molecule has 144 valence electrons. The van der Waals surface area contributed by atoms with E-state index in [-0.39, 0.29) is 17.6 Å². The minimum atomic E-state index is -0.527. The van der Waals surface area contributed by atoms with E-state index in [1.807, 2.05) is 45.0 Å². The van der Waals surface area contributed by atoms with Crippen molar-refractivity contribution in [2.75, 3.05) is 6.61 Å². The largest absolute Gasteiger partial charge is 0.493 e. The summed E-state index contributed by atoms with van der Waals surface area (Å²) in [6.07, 6.45) is 1.65. The maximum Gasteiger partial charge on any atom is 0.363 e. The van der Waals surface area contributed by atoms with Gasteiger partial charge < -0.3 is 14.2 Å². The molecule has 0 aliphatic carbocycles. The van der Waals surface area contributed by atoms with Crippen molar-refractivity contribution in [3.63, 3.8) is 0 Å². The molecule has 0 fully saturated rings. The number of esters is 2. The van der Waals surface area contributed by atoms with Gasteiger partial charge >= 0.3 is 11.9 Å². The van der Waals surface area contributed by atoms with Crippen LogP contribution < -0.4 is 9.47 Å². The van der Waals surface area contributed by atoms with E-state index in [4.69, 9.17) is 14.2 Å². The van der Waals surface area contributed by atoms with Gasteiger partial charge in [-0.3, -0.25) is 4.79 Å². The van der Waals surface area contributed by atoms with Crippen LogP contribution >= 0.6 is 0 Å². The molecule has 0 aromatic heterocycles. The molecule has 3 rings (SSSR count). The van der Waals surface area contributed by atoms with Crippen LogP contribution in [-0.4, -0.2) is 24.4 Å². The third kappa shape index (κ3) is 4.11. The smallest absolute Gasteiger partial charge is 0.363 e. The Morgan fingerprint density at radius 1 is 1.18 bits per heavy atom. The molecule has 0 bridgehead atoms. The van der Waals surface area contributed by atoms with Crippen molar-refractivity contribution in [1.82, 2.24) is 0 Å². The highest BCUT2D eigenvalue weighted by Crippen LogP contribution is 2.28. The first-order valence-electron chi connectivity index (χ1n) is 8.93. The second-order valence-corrected chi connectivity index (χ2v) is 6.34. The Labute approximate surface area is 163 Å². The molecule has 1 aliphatic rings. The number of aliphatic imine (C=N–C) groups is 1. The summed E-state index contributed by atoms with van der Waals surface area (Å²) in [7, 11) is 0. The molecule has 0 radical (unpaired) electrons. The van der Waals surface area contributed by atoms with E-state index in [1.165, 1.54) is 6.92 Å². The maximum atomic E-state index is 12.3. The first-order valence-corrected chi connectivity index (χ1v) is 8.93. The van der Waals surface area contributed by atoms with Crippen molar-refractivity contribution in [3.8, 4) is 11.5 Å². The number of cyclic esters (lactones) is 1. The summed E-state index contributed by atoms with van der Waals surface area (Å²) in [6.45, 7) is 7.42. The summed E-state index contributed by atoms with van der Waals surface area (Å²) in [6, 6.07) is 10.9. The van der Waals surface area contributed by atoms with E-state index in [2.05, 4.69) is 4.99 Å². The van der Waals surface area contributed by atoms with E-state index in [0.717, 1.165) is 16.7 Å². The highest BCUT2D eigenvalue weighted by Gasteiger charge is 2.26. The van der Waals surface area contributed by atoms with E-state index < -0.39 is 5.97 Å². The second kappa shape index (κ2) is 8.08. The lowest BCUT2D eigenvalue weighted by Crippen LogP contribution is -2.07. The Morgan fingerprint density at radius 2 is 1.86 bits per heavy atom. The third-order valence-corrected chi connectivity index (χ3v) is 4.07. The van der Waals surface area contributed by atoms with Gasteiger partial charge in [-0.05, 0) is 67.8 Å². The van der Waals surface area contributed by atoms with Crippen LogP contribution in [0.5, 0.6) is 11.5 Å². The first-order chi connectivity index (χ1) is 13.4. The van der Waals surface area contributed by atoms with Gasteiger partial charge in [0, 0.05) is 6.92 Å². The lowest BCUT2D eigenvalue weighted by Gasteiger charge is -2.10. The minimum absolute atomic E-state index is 0.195. The van der Waals surface area contributed by atoms with Gasteiger partial charge in [-0.25, -0.2) is 9.79 Å². The average Bonchev–Trinajstić information content (AvgIpc) is 2.99. The standard InChI is InChI=1S/C22H21NO5/c1-5-26-19-9-7-6-8-17(19)21-23-18(22(25)28-21)12-16-10-13(2)20(14(3)11-16)27-15(4)24/h6-12H,5H2,1-4H3/b18-12-. The summed E-state index contributed by atoms with van der Waals surface area (Å²) in [5.74, 6) is 0.443. The van der Waals surface area contributed by atoms with Crippen LogP contribution in [0.25, 0.3) is 6.08 Å². The Bertz CT molecular complexity index is 981. The lowest BCUT2D eigenvalue weighted by atomic mass is 10.0. The van der Waals surface area contributed by atoms with Crippen LogP contribution in [0.3, 0.4) is 0 Å². The number of para-hydroxylation sites is 1. The summed E-state index contributed by atoms with van der Waals surface area (Å²) < 4.78 is 16.2. The SMILES string of the molecule is CCOc1ccccc1C1=N/C(=C\c2cc(C)c(OC(C)=O)c(C)c2)C(=O)O1. The third-order valence-electron chi connectivity index (χ3n) is 4.07. The zero-order valence-electron chi connectivity index (χ0n) is 16.2. The van der Waals surface area contributed by atoms with Crippen LogP contribution in [0.4, 0.5) is 0 Å². The molecule has 1 heterocycles. The van der Waals surface area contributed by atoms with Crippen LogP contribution in [0, 0.1) is 13.8 Å². The number of carbonyl (C=O) groups is 2. The van der Waals surface area contributed by atoms with Gasteiger partial charge in [0.25, 0.3) is 0 Å². The fourth-order valence-corrected chi connectivity index (χ4v) is 2.98. The van der Waals surface area contributed by atoms with E-state index in [1.54, 1.807) is 18.2 Å². The number of hydrogen-bond acceptors (Lipinski definition) is 6. The van der Waals surface area contributed by atoms with Gasteiger partial charge in [-0.1, -0.05) is 12.1 Å². The molecule has 0 atom stereocenters. The van der Waals surface area contributed by atoms with Gasteiger partial charge in [0.05, 0.1) is 12.2 Å². The van der Waals surface area contributed by atoms with E-state index >= 15 is 0 Å². The van der Waals surface area contributed by atoms with Crippen molar-refractivity contribution in [1.29, 1.82) is 0 Å². The molecular formula is C22H21NO5. The normalized spacial score (nSPS) is 14.6. The van der Waals surface area contributed by atoms with Crippen LogP contribution in [0.2, 0.25) is 0 Å². The van der Waals surface area contributed by atoms with Gasteiger partial charge in [-0.2, -0.15) is 0 Å². The lowest BCUT2D eigenvalue weighted by molar-refractivity contribution is -0.132. The monoisotopic (exact) mass is 379 g/mol. The number of ether oxygens (including phenoxy) is 3. The van der Waals surface area contributed by atoms with E-state index in [9.17, 15) is 9.59 Å². The molecule has 6 heteroatoms. The highest BCUT2D eigenvalue weighted by atomic mass is 16.6. The predicted octanol–water partition coefficient (Wildman–Crippen LogP) is 3.97. The molecule has 2 aromatic rings. The van der Waals surface area contributed by atoms with Gasteiger partial charge in [0.2, 0.25) is 5.90 Å². The van der Waals surface area contributed by atoms with Gasteiger partial charge in [-0.15, -0.1) is 0 Å². The Hall–Kier alpha value is -3.41. The van der Waals surface area contributed by atoms with Crippen molar-refractivity contribution >= 4 is 23.9 Å². The van der Waals surface area contributed by atoms with Crippen LogP contribution in [-0.2, 0) is 14.3 Å². The summed E-state index contributed by atoms with van der Waals surface area (Å²) >= 11 is 0. The van der Waals surface area contributed by atoms with Crippen LogP contribution in [0.15, 0.2) is 47.1 Å². The molecule has 1 aliphatic heterocycles. The number of benzene rings is 2. The molecule has 0 saturated carbocycles. The fourth-order valence-electron chi connectivity index (χ4n) is 2.98. The van der Waals surface area contributed by atoms with Crippen molar-refractivity contribution < 1.29 is 23.8 Å². The predicted molar refractivity (Wildman–Crippen MR) is 105 cm³/mol. The van der Waals surface area contributed by atoms with Crippen molar-refractivity contribution in [3.05, 3.63) is 64.3 Å². The fraction of sp³-hybridized carbons (Fsp3) is 0.227. The number of hydrogen-bond donors (Lipinski definition) is 0. The number of aryl methyl sites for hydroxylation is 2. The molecule has 0 unspecified atom stereocenters. The Kier molecular flexibility index (Phi) is 5.59. The average molecular weight is 379 g/mol. The van der Waals surface area contributed by atoms with Crippen molar-refractivity contribution in [2.24, 2.45) is 4.99 Å². The molecule has 0 spiro atoms. The minimum Gasteiger partial charge on any atom is -0.493 e. The van der Waals surface area contributed by atoms with E-state index in [0.29, 0.717) is 23.7 Å². The van der Waals surface area contributed by atoms with Gasteiger partial charge in [0.1, 0.15) is 11.5 Å². The summed E-state index contributed by atoms with van der Waals surface area (Å²) in [4.78, 5) is 27.9. The number of rotatable bonds is 5. The number of carbonyl (C=O) groups excluding carboxylic acids is 2. The summed E-state index contributed by atoms with van der Waals surface area (Å²) in [5, 5.41) is 0. The quantitative estimate of drug-likeness (QED) is 0.446. The van der Waals surface area contributed by atoms with Crippen molar-refractivity contribution in [2.45, 2.75) is 27.7 Å². The zero-order chi connectivity index (χ0) is 20.3. The highest BCUT2D eigenvalue weighted by molar-refractivity contribution is 6.13. The molecular weight excluding hydrogens is 358 g/mol. The number of nitrogens with zero attached hydrogens (tertiary/aromatic N) is 1. The Morgan fingerprint density at radius 3 is 2.50 bits per heavy atom.